The molecule has 2 aromatic heterocycles. The Morgan fingerprint density at radius 2 is 0.844 bits per heavy atom. The number of nitrogens with zero attached hydrogens (tertiary/aromatic N) is 1. The van der Waals surface area contributed by atoms with Crippen LogP contribution in [0.5, 0.6) is 0 Å². The van der Waals surface area contributed by atoms with Crippen molar-refractivity contribution in [3.05, 3.63) is 230 Å². The van der Waals surface area contributed by atoms with Gasteiger partial charge in [0.25, 0.3) is 0 Å². The van der Waals surface area contributed by atoms with Crippen molar-refractivity contribution < 1.29 is 8.83 Å². The Hall–Kier alpha value is -8.14. The highest BCUT2D eigenvalue weighted by Crippen LogP contribution is 2.42. The molecule has 1 atom stereocenters. The molecule has 3 nitrogen and oxygen atoms in total. The summed E-state index contributed by atoms with van der Waals surface area (Å²) in [4.78, 5) is 2.33. The van der Waals surface area contributed by atoms with E-state index in [1.54, 1.807) is 0 Å². The molecular weight excluding hydrogens is 779 g/mol. The number of anilines is 3. The van der Waals surface area contributed by atoms with Crippen molar-refractivity contribution in [3.8, 4) is 55.6 Å². The maximum absolute atomic E-state index is 6.53. The first-order valence-corrected chi connectivity index (χ1v) is 22.1. The van der Waals surface area contributed by atoms with E-state index in [1.165, 1.54) is 38.8 Å². The third-order valence-corrected chi connectivity index (χ3v) is 12.9. The van der Waals surface area contributed by atoms with Gasteiger partial charge in [0.1, 0.15) is 22.5 Å². The lowest BCUT2D eigenvalue weighted by Gasteiger charge is -2.26. The number of hydrogen-bond acceptors (Lipinski definition) is 3. The van der Waals surface area contributed by atoms with Crippen molar-refractivity contribution in [2.45, 2.75) is 13.3 Å². The summed E-state index contributed by atoms with van der Waals surface area (Å²) < 4.78 is 13.0. The fourth-order valence-electron chi connectivity index (χ4n) is 9.57. The van der Waals surface area contributed by atoms with Gasteiger partial charge in [-0.1, -0.05) is 177 Å². The van der Waals surface area contributed by atoms with Gasteiger partial charge in [-0.15, -0.1) is 0 Å². The topological polar surface area (TPSA) is 29.5 Å². The molecule has 1 aliphatic rings. The maximum Gasteiger partial charge on any atom is 0.143 e. The highest BCUT2D eigenvalue weighted by atomic mass is 16.3. The van der Waals surface area contributed by atoms with Gasteiger partial charge in [-0.25, -0.2) is 0 Å². The average molecular weight is 822 g/mol. The highest BCUT2D eigenvalue weighted by molar-refractivity contribution is 6.09. The van der Waals surface area contributed by atoms with Crippen LogP contribution < -0.4 is 4.90 Å². The van der Waals surface area contributed by atoms with Crippen LogP contribution in [0.4, 0.5) is 17.1 Å². The van der Waals surface area contributed by atoms with Crippen LogP contribution in [-0.4, -0.2) is 0 Å². The molecule has 0 radical (unpaired) electrons. The standard InChI is InChI=1S/C61H43NO2/c1-40-20-37-59-57(38-40)56-18-9-16-53(61(56)64-59)46-29-35-51(36-30-46)62(50-33-27-45(28-34-50)52-15-8-17-55-54-14-5-6-19-58(54)63-60(52)55)49-31-25-43(26-32-49)42-21-23-44(24-22-42)48-13-7-12-47(39-48)41-10-3-2-4-11-41/h2-37,39-40H,38H2,1H3. The van der Waals surface area contributed by atoms with Crippen molar-refractivity contribution in [1.82, 2.24) is 0 Å². The maximum atomic E-state index is 6.53. The van der Waals surface area contributed by atoms with E-state index in [2.05, 4.69) is 224 Å². The summed E-state index contributed by atoms with van der Waals surface area (Å²) in [6, 6.07) is 76.1. The third-order valence-electron chi connectivity index (χ3n) is 12.9. The summed E-state index contributed by atoms with van der Waals surface area (Å²) in [5.41, 5.74) is 18.9. The molecule has 0 bridgehead atoms. The number of rotatable bonds is 8. The molecule has 12 rings (SSSR count). The molecule has 0 saturated heterocycles. The summed E-state index contributed by atoms with van der Waals surface area (Å²) in [6.07, 6.45) is 5.38. The average Bonchev–Trinajstić information content (AvgIpc) is 3.94. The van der Waals surface area contributed by atoms with E-state index in [-0.39, 0.29) is 0 Å². The van der Waals surface area contributed by atoms with E-state index in [0.717, 1.165) is 84.6 Å². The predicted molar refractivity (Wildman–Crippen MR) is 267 cm³/mol. The largest absolute Gasteiger partial charge is 0.456 e. The molecule has 304 valence electrons. The zero-order valence-electron chi connectivity index (χ0n) is 35.4. The summed E-state index contributed by atoms with van der Waals surface area (Å²) in [5, 5.41) is 3.47. The Labute approximate surface area is 372 Å². The van der Waals surface area contributed by atoms with E-state index >= 15 is 0 Å². The Morgan fingerprint density at radius 1 is 0.391 bits per heavy atom. The second kappa shape index (κ2) is 15.6. The van der Waals surface area contributed by atoms with Crippen LogP contribution >= 0.6 is 0 Å². The number of fused-ring (bicyclic) bond motifs is 6. The highest BCUT2D eigenvalue weighted by Gasteiger charge is 2.21. The molecule has 0 aliphatic heterocycles. The van der Waals surface area contributed by atoms with E-state index in [4.69, 9.17) is 8.83 Å². The monoisotopic (exact) mass is 821 g/mol. The number of allylic oxidation sites excluding steroid dienone is 1. The normalized spacial score (nSPS) is 13.4. The minimum absolute atomic E-state index is 0.499. The Balaban J connectivity index is 0.889. The number of benzene rings is 9. The minimum atomic E-state index is 0.499. The fraction of sp³-hybridized carbons (Fsp3) is 0.0492. The van der Waals surface area contributed by atoms with Gasteiger partial charge in [-0.05, 0) is 111 Å². The van der Waals surface area contributed by atoms with Crippen molar-refractivity contribution in [2.75, 3.05) is 4.90 Å². The molecule has 0 saturated carbocycles. The smallest absolute Gasteiger partial charge is 0.143 e. The van der Waals surface area contributed by atoms with Crippen LogP contribution in [-0.2, 0) is 6.42 Å². The van der Waals surface area contributed by atoms with Crippen molar-refractivity contribution in [1.29, 1.82) is 0 Å². The van der Waals surface area contributed by atoms with E-state index in [1.807, 2.05) is 12.1 Å². The van der Waals surface area contributed by atoms with E-state index in [9.17, 15) is 0 Å². The fourth-order valence-corrected chi connectivity index (χ4v) is 9.57. The third kappa shape index (κ3) is 6.70. The molecule has 11 aromatic rings. The van der Waals surface area contributed by atoms with Crippen molar-refractivity contribution >= 4 is 56.0 Å². The van der Waals surface area contributed by atoms with Crippen LogP contribution in [0.25, 0.3) is 94.6 Å². The van der Waals surface area contributed by atoms with Gasteiger partial charge in [0.15, 0.2) is 0 Å². The predicted octanol–water partition coefficient (Wildman–Crippen LogP) is 17.3. The molecule has 0 fully saturated rings. The lowest BCUT2D eigenvalue weighted by molar-refractivity contribution is 0.585. The molecule has 64 heavy (non-hydrogen) atoms. The molecule has 2 heterocycles. The number of para-hydroxylation sites is 3. The van der Waals surface area contributed by atoms with Gasteiger partial charge < -0.3 is 13.7 Å². The first kappa shape index (κ1) is 37.6. The summed E-state index contributed by atoms with van der Waals surface area (Å²) in [5.74, 6) is 1.48. The SMILES string of the molecule is CC1C=Cc2oc3c(-c4ccc(N(c5ccc(-c6ccc(-c7cccc(-c8ccccc8)c7)cc6)cc5)c5ccc(-c6cccc7c6oc6ccccc67)cc5)cc4)cccc3c2C1. The van der Waals surface area contributed by atoms with Crippen LogP contribution in [0.2, 0.25) is 0 Å². The lowest BCUT2D eigenvalue weighted by atomic mass is 9.92. The lowest BCUT2D eigenvalue weighted by Crippen LogP contribution is -2.09. The van der Waals surface area contributed by atoms with Gasteiger partial charge in [0, 0.05) is 49.9 Å². The quantitative estimate of drug-likeness (QED) is 0.153. The Kier molecular flexibility index (Phi) is 9.19. The molecule has 9 aromatic carbocycles. The summed E-state index contributed by atoms with van der Waals surface area (Å²) in [7, 11) is 0. The molecule has 3 heteroatoms. The molecule has 0 spiro atoms. The first-order chi connectivity index (χ1) is 31.6. The zero-order chi connectivity index (χ0) is 42.6. The Morgan fingerprint density at radius 3 is 1.47 bits per heavy atom. The minimum Gasteiger partial charge on any atom is -0.456 e. The van der Waals surface area contributed by atoms with Gasteiger partial charge in [0.2, 0.25) is 0 Å². The van der Waals surface area contributed by atoms with Gasteiger partial charge in [-0.3, -0.25) is 0 Å². The number of hydrogen-bond donors (Lipinski definition) is 0. The molecule has 0 amide bonds. The zero-order valence-corrected chi connectivity index (χ0v) is 35.4. The number of furan rings is 2. The first-order valence-electron chi connectivity index (χ1n) is 22.1. The van der Waals surface area contributed by atoms with E-state index in [0.29, 0.717) is 5.92 Å². The van der Waals surface area contributed by atoms with Crippen molar-refractivity contribution in [3.63, 3.8) is 0 Å². The summed E-state index contributed by atoms with van der Waals surface area (Å²) in [6.45, 7) is 2.26. The van der Waals surface area contributed by atoms with Crippen LogP contribution in [0.1, 0.15) is 18.2 Å². The molecule has 1 aliphatic carbocycles. The van der Waals surface area contributed by atoms with Gasteiger partial charge in [-0.2, -0.15) is 0 Å². The molecular formula is C61H43NO2. The molecule has 0 N–H and O–H groups in total. The Bertz CT molecular complexity index is 3500. The van der Waals surface area contributed by atoms with Crippen LogP contribution in [0.15, 0.2) is 227 Å². The van der Waals surface area contributed by atoms with Crippen LogP contribution in [0, 0.1) is 5.92 Å². The molecule has 1 unspecified atom stereocenters. The summed E-state index contributed by atoms with van der Waals surface area (Å²) >= 11 is 0. The van der Waals surface area contributed by atoms with E-state index < -0.39 is 0 Å². The second-order valence-corrected chi connectivity index (χ2v) is 16.9. The van der Waals surface area contributed by atoms with Gasteiger partial charge >= 0.3 is 0 Å². The van der Waals surface area contributed by atoms with Crippen molar-refractivity contribution in [2.24, 2.45) is 5.92 Å². The van der Waals surface area contributed by atoms with Crippen LogP contribution in [0.3, 0.4) is 0 Å². The second-order valence-electron chi connectivity index (χ2n) is 16.9. The van der Waals surface area contributed by atoms with Gasteiger partial charge in [0.05, 0.1) is 0 Å².